The summed E-state index contributed by atoms with van der Waals surface area (Å²) in [7, 11) is 0. The summed E-state index contributed by atoms with van der Waals surface area (Å²) in [6.45, 7) is 1.38. The van der Waals surface area contributed by atoms with Crippen LogP contribution >= 0.6 is 0 Å². The van der Waals surface area contributed by atoms with Gasteiger partial charge in [-0.3, -0.25) is 4.79 Å². The monoisotopic (exact) mass is 302 g/mol. The van der Waals surface area contributed by atoms with Gasteiger partial charge in [-0.15, -0.1) is 0 Å². The Kier molecular flexibility index (Phi) is 3.27. The van der Waals surface area contributed by atoms with Crippen molar-refractivity contribution in [3.8, 4) is 0 Å². The van der Waals surface area contributed by atoms with Gasteiger partial charge in [-0.1, -0.05) is 42.5 Å². The van der Waals surface area contributed by atoms with E-state index >= 15 is 0 Å². The van der Waals surface area contributed by atoms with Gasteiger partial charge in [-0.25, -0.2) is 0 Å². The number of nitrogens with two attached hydrogens (primary N) is 1. The zero-order valence-electron chi connectivity index (χ0n) is 12.8. The number of nitrogen functional groups attached to an aromatic ring is 1. The molecular weight excluding hydrogens is 284 g/mol. The summed E-state index contributed by atoms with van der Waals surface area (Å²) < 4.78 is 0. The van der Waals surface area contributed by atoms with E-state index < -0.39 is 0 Å². The third-order valence-electron chi connectivity index (χ3n) is 4.55. The van der Waals surface area contributed by atoms with Gasteiger partial charge >= 0.3 is 0 Å². The lowest BCUT2D eigenvalue weighted by atomic mass is 9.97. The number of fused-ring (bicyclic) bond motifs is 2. The van der Waals surface area contributed by atoms with Gasteiger partial charge in [0.2, 0.25) is 0 Å². The first-order valence-corrected chi connectivity index (χ1v) is 7.87. The van der Waals surface area contributed by atoms with Crippen molar-refractivity contribution in [2.24, 2.45) is 0 Å². The SMILES string of the molecule is Nc1ccc2c(c1)CN(C(=O)c1cccc3ccccc13)CC2. The molecule has 0 spiro atoms. The van der Waals surface area contributed by atoms with Crippen LogP contribution in [0.5, 0.6) is 0 Å². The zero-order chi connectivity index (χ0) is 15.8. The van der Waals surface area contributed by atoms with Gasteiger partial charge in [0.25, 0.3) is 5.91 Å². The number of carbonyl (C=O) groups is 1. The van der Waals surface area contributed by atoms with Crippen molar-refractivity contribution in [2.75, 3.05) is 12.3 Å². The number of hydrogen-bond donors (Lipinski definition) is 1. The number of benzene rings is 3. The molecule has 0 bridgehead atoms. The number of nitrogens with zero attached hydrogens (tertiary/aromatic N) is 1. The second kappa shape index (κ2) is 5.43. The Morgan fingerprint density at radius 3 is 2.70 bits per heavy atom. The average Bonchev–Trinajstić information content (AvgIpc) is 2.60. The van der Waals surface area contributed by atoms with Crippen LogP contribution in [0.25, 0.3) is 10.8 Å². The van der Waals surface area contributed by atoms with Crippen molar-refractivity contribution in [1.82, 2.24) is 4.90 Å². The highest BCUT2D eigenvalue weighted by Gasteiger charge is 2.22. The van der Waals surface area contributed by atoms with Gasteiger partial charge in [-0.2, -0.15) is 0 Å². The standard InChI is InChI=1S/C20H18N2O/c21-17-9-8-14-10-11-22(13-16(14)12-17)20(23)19-7-3-5-15-4-1-2-6-18(15)19/h1-9,12H,10-11,13,21H2. The van der Waals surface area contributed by atoms with Gasteiger partial charge in [0.05, 0.1) is 0 Å². The van der Waals surface area contributed by atoms with E-state index in [-0.39, 0.29) is 5.91 Å². The summed E-state index contributed by atoms with van der Waals surface area (Å²) in [6, 6.07) is 19.9. The average molecular weight is 302 g/mol. The lowest BCUT2D eigenvalue weighted by Crippen LogP contribution is -2.36. The number of anilines is 1. The first-order valence-electron chi connectivity index (χ1n) is 7.87. The lowest BCUT2D eigenvalue weighted by Gasteiger charge is -2.29. The van der Waals surface area contributed by atoms with E-state index in [1.807, 2.05) is 59.5 Å². The molecule has 1 heterocycles. The van der Waals surface area contributed by atoms with E-state index in [0.29, 0.717) is 6.54 Å². The number of rotatable bonds is 1. The van der Waals surface area contributed by atoms with Crippen molar-refractivity contribution < 1.29 is 4.79 Å². The maximum Gasteiger partial charge on any atom is 0.254 e. The molecule has 3 heteroatoms. The van der Waals surface area contributed by atoms with Crippen LogP contribution in [0.2, 0.25) is 0 Å². The van der Waals surface area contributed by atoms with Crippen molar-refractivity contribution in [2.45, 2.75) is 13.0 Å². The molecule has 1 aliphatic rings. The molecule has 0 aliphatic carbocycles. The molecule has 0 saturated carbocycles. The molecule has 1 aliphatic heterocycles. The summed E-state index contributed by atoms with van der Waals surface area (Å²) in [6.07, 6.45) is 0.881. The third kappa shape index (κ3) is 2.44. The van der Waals surface area contributed by atoms with Gasteiger partial charge in [0.15, 0.2) is 0 Å². The maximum atomic E-state index is 13.0. The van der Waals surface area contributed by atoms with Crippen LogP contribution in [0.4, 0.5) is 5.69 Å². The first kappa shape index (κ1) is 13.8. The molecule has 0 aromatic heterocycles. The maximum absolute atomic E-state index is 13.0. The minimum Gasteiger partial charge on any atom is -0.399 e. The van der Waals surface area contributed by atoms with Gasteiger partial charge in [0.1, 0.15) is 0 Å². The fraction of sp³-hybridized carbons (Fsp3) is 0.150. The Morgan fingerprint density at radius 1 is 0.957 bits per heavy atom. The second-order valence-electron chi connectivity index (χ2n) is 6.03. The minimum atomic E-state index is 0.0925. The molecule has 3 aromatic carbocycles. The van der Waals surface area contributed by atoms with Gasteiger partial charge < -0.3 is 10.6 Å². The Hall–Kier alpha value is -2.81. The fourth-order valence-corrected chi connectivity index (χ4v) is 3.33. The summed E-state index contributed by atoms with van der Waals surface area (Å²) in [5.41, 5.74) is 9.86. The normalized spacial score (nSPS) is 13.8. The van der Waals surface area contributed by atoms with Crippen LogP contribution in [-0.2, 0) is 13.0 Å². The molecule has 114 valence electrons. The Bertz CT molecular complexity index is 896. The van der Waals surface area contributed by atoms with E-state index in [9.17, 15) is 4.79 Å². The van der Waals surface area contributed by atoms with Crippen LogP contribution in [0.15, 0.2) is 60.7 Å². The van der Waals surface area contributed by atoms with Crippen molar-refractivity contribution in [3.05, 3.63) is 77.4 Å². The van der Waals surface area contributed by atoms with E-state index in [2.05, 4.69) is 6.07 Å². The van der Waals surface area contributed by atoms with Crippen LogP contribution in [-0.4, -0.2) is 17.4 Å². The number of carbonyl (C=O) groups excluding carboxylic acids is 1. The smallest absolute Gasteiger partial charge is 0.254 e. The predicted molar refractivity (Wildman–Crippen MR) is 93.2 cm³/mol. The van der Waals surface area contributed by atoms with Crippen molar-refractivity contribution in [3.63, 3.8) is 0 Å². The number of amides is 1. The Labute approximate surface area is 135 Å². The molecule has 4 rings (SSSR count). The zero-order valence-corrected chi connectivity index (χ0v) is 12.8. The number of hydrogen-bond acceptors (Lipinski definition) is 2. The van der Waals surface area contributed by atoms with Gasteiger partial charge in [-0.05, 0) is 46.5 Å². The van der Waals surface area contributed by atoms with E-state index in [4.69, 9.17) is 5.73 Å². The van der Waals surface area contributed by atoms with Crippen LogP contribution in [0.3, 0.4) is 0 Å². The molecule has 0 fully saturated rings. The van der Waals surface area contributed by atoms with E-state index in [1.165, 1.54) is 5.56 Å². The third-order valence-corrected chi connectivity index (χ3v) is 4.55. The van der Waals surface area contributed by atoms with Crippen LogP contribution in [0, 0.1) is 0 Å². The molecule has 0 atom stereocenters. The summed E-state index contributed by atoms with van der Waals surface area (Å²) in [5, 5.41) is 2.11. The quantitative estimate of drug-likeness (QED) is 0.698. The molecule has 0 unspecified atom stereocenters. The predicted octanol–water partition coefficient (Wildman–Crippen LogP) is 3.62. The van der Waals surface area contributed by atoms with Crippen LogP contribution in [0.1, 0.15) is 21.5 Å². The highest BCUT2D eigenvalue weighted by atomic mass is 16.2. The summed E-state index contributed by atoms with van der Waals surface area (Å²) in [4.78, 5) is 14.9. The van der Waals surface area contributed by atoms with E-state index in [0.717, 1.165) is 40.6 Å². The second-order valence-corrected chi connectivity index (χ2v) is 6.03. The lowest BCUT2D eigenvalue weighted by molar-refractivity contribution is 0.0737. The first-order chi connectivity index (χ1) is 11.2. The Balaban J connectivity index is 1.70. The summed E-state index contributed by atoms with van der Waals surface area (Å²) in [5.74, 6) is 0.0925. The highest BCUT2D eigenvalue weighted by Crippen LogP contribution is 2.25. The molecule has 23 heavy (non-hydrogen) atoms. The molecule has 3 aromatic rings. The van der Waals surface area contributed by atoms with Crippen molar-refractivity contribution in [1.29, 1.82) is 0 Å². The van der Waals surface area contributed by atoms with Gasteiger partial charge in [0, 0.05) is 24.3 Å². The summed E-state index contributed by atoms with van der Waals surface area (Å²) >= 11 is 0. The fourth-order valence-electron chi connectivity index (χ4n) is 3.33. The van der Waals surface area contributed by atoms with E-state index in [1.54, 1.807) is 0 Å². The largest absolute Gasteiger partial charge is 0.399 e. The molecule has 3 nitrogen and oxygen atoms in total. The molecule has 2 N–H and O–H groups in total. The highest BCUT2D eigenvalue weighted by molar-refractivity contribution is 6.07. The Morgan fingerprint density at radius 2 is 1.78 bits per heavy atom. The molecule has 0 radical (unpaired) electrons. The topological polar surface area (TPSA) is 46.3 Å². The molecule has 1 amide bonds. The molecule has 0 saturated heterocycles. The van der Waals surface area contributed by atoms with Crippen LogP contribution < -0.4 is 5.73 Å². The minimum absolute atomic E-state index is 0.0925. The van der Waals surface area contributed by atoms with Crippen molar-refractivity contribution >= 4 is 22.4 Å². The molecular formula is C20H18N2O.